The summed E-state index contributed by atoms with van der Waals surface area (Å²) in [6.45, 7) is 3.01. The van der Waals surface area contributed by atoms with Gasteiger partial charge in [0.1, 0.15) is 0 Å². The number of carbonyl (C=O) groups is 1. The van der Waals surface area contributed by atoms with Crippen LogP contribution in [0.15, 0.2) is 54.9 Å². The monoisotopic (exact) mass is 363 g/mol. The zero-order chi connectivity index (χ0) is 18.8. The van der Waals surface area contributed by atoms with E-state index in [1.807, 2.05) is 49.4 Å². The normalized spacial score (nSPS) is 19.3. The van der Waals surface area contributed by atoms with E-state index in [4.69, 9.17) is 9.72 Å². The van der Waals surface area contributed by atoms with Crippen molar-refractivity contribution in [3.05, 3.63) is 60.4 Å². The Morgan fingerprint density at radius 3 is 2.70 bits per heavy atom. The van der Waals surface area contributed by atoms with Gasteiger partial charge in [-0.3, -0.25) is 9.78 Å². The second-order valence-corrected chi connectivity index (χ2v) is 6.57. The lowest BCUT2D eigenvalue weighted by Gasteiger charge is -2.29. The van der Waals surface area contributed by atoms with Gasteiger partial charge in [0.05, 0.1) is 42.1 Å². The van der Waals surface area contributed by atoms with Crippen LogP contribution in [0.3, 0.4) is 0 Å². The highest BCUT2D eigenvalue weighted by Crippen LogP contribution is 2.27. The van der Waals surface area contributed by atoms with Crippen LogP contribution >= 0.6 is 0 Å². The van der Waals surface area contributed by atoms with E-state index >= 15 is 0 Å². The fourth-order valence-corrected chi connectivity index (χ4v) is 3.54. The summed E-state index contributed by atoms with van der Waals surface area (Å²) in [5.41, 5.74) is 2.96. The van der Waals surface area contributed by atoms with E-state index in [0.717, 1.165) is 22.2 Å². The van der Waals surface area contributed by atoms with E-state index in [1.54, 1.807) is 17.3 Å². The number of ether oxygens (including phenoxy) is 1. The van der Waals surface area contributed by atoms with Crippen LogP contribution < -0.4 is 0 Å². The average Bonchev–Trinajstić information content (AvgIpc) is 3.14. The van der Waals surface area contributed by atoms with Crippen molar-refractivity contribution in [1.82, 2.24) is 14.9 Å². The van der Waals surface area contributed by atoms with Crippen molar-refractivity contribution >= 4 is 16.8 Å². The first kappa shape index (κ1) is 17.6. The Hall–Kier alpha value is -2.83. The van der Waals surface area contributed by atoms with Crippen LogP contribution in [0.25, 0.3) is 22.2 Å². The molecule has 1 aliphatic heterocycles. The van der Waals surface area contributed by atoms with Crippen LogP contribution in [-0.4, -0.2) is 57.8 Å². The average molecular weight is 363 g/mol. The van der Waals surface area contributed by atoms with Crippen LogP contribution in [0.2, 0.25) is 0 Å². The highest BCUT2D eigenvalue weighted by Gasteiger charge is 2.34. The van der Waals surface area contributed by atoms with Crippen molar-refractivity contribution in [1.29, 1.82) is 0 Å². The summed E-state index contributed by atoms with van der Waals surface area (Å²) in [6, 6.07) is 12.9. The van der Waals surface area contributed by atoms with Gasteiger partial charge in [0.15, 0.2) is 0 Å². The molecule has 4 rings (SSSR count). The highest BCUT2D eigenvalue weighted by molar-refractivity contribution is 6.07. The van der Waals surface area contributed by atoms with E-state index < -0.39 is 6.10 Å². The summed E-state index contributed by atoms with van der Waals surface area (Å²) in [7, 11) is 0. The predicted octanol–water partition coefficient (Wildman–Crippen LogP) is 2.52. The lowest BCUT2D eigenvalue weighted by molar-refractivity contribution is 0.0522. The third-order valence-electron chi connectivity index (χ3n) is 4.95. The van der Waals surface area contributed by atoms with Gasteiger partial charge in [-0.1, -0.05) is 18.2 Å². The predicted molar refractivity (Wildman–Crippen MR) is 102 cm³/mol. The topological polar surface area (TPSA) is 75.6 Å². The summed E-state index contributed by atoms with van der Waals surface area (Å²) in [4.78, 5) is 23.9. The Morgan fingerprint density at radius 1 is 1.22 bits per heavy atom. The zero-order valence-electron chi connectivity index (χ0n) is 15.1. The molecule has 0 bridgehead atoms. The standard InChI is InChI=1S/C21H21N3O3/c1-2-24(19-12-27-13-20(19)25)21(26)16-11-18(14-7-9-22-10-8-14)23-17-6-4-3-5-15(16)17/h3-11,19-20,25H,2,12-13H2,1H3/t19-,20-/m1/s1. The zero-order valence-corrected chi connectivity index (χ0v) is 15.1. The van der Waals surface area contributed by atoms with E-state index in [0.29, 0.717) is 18.7 Å². The first-order valence-electron chi connectivity index (χ1n) is 9.06. The molecule has 2 aromatic heterocycles. The number of fused-ring (bicyclic) bond motifs is 1. The first-order valence-corrected chi connectivity index (χ1v) is 9.06. The molecule has 1 fully saturated rings. The van der Waals surface area contributed by atoms with E-state index in [1.165, 1.54) is 0 Å². The van der Waals surface area contributed by atoms with Crippen molar-refractivity contribution in [2.45, 2.75) is 19.1 Å². The van der Waals surface area contributed by atoms with Crippen LogP contribution in [0, 0.1) is 0 Å². The third-order valence-corrected chi connectivity index (χ3v) is 4.95. The second-order valence-electron chi connectivity index (χ2n) is 6.57. The summed E-state index contributed by atoms with van der Waals surface area (Å²) < 4.78 is 5.36. The minimum Gasteiger partial charge on any atom is -0.388 e. The van der Waals surface area contributed by atoms with Gasteiger partial charge in [-0.15, -0.1) is 0 Å². The third kappa shape index (κ3) is 3.29. The van der Waals surface area contributed by atoms with Crippen molar-refractivity contribution in [3.63, 3.8) is 0 Å². The van der Waals surface area contributed by atoms with Gasteiger partial charge in [-0.05, 0) is 31.2 Å². The molecule has 1 aliphatic rings. The van der Waals surface area contributed by atoms with E-state index in [9.17, 15) is 9.90 Å². The number of amides is 1. The number of benzene rings is 1. The molecule has 1 N–H and O–H groups in total. The molecule has 1 saturated heterocycles. The first-order chi connectivity index (χ1) is 13.2. The molecule has 6 nitrogen and oxygen atoms in total. The molecular weight excluding hydrogens is 342 g/mol. The van der Waals surface area contributed by atoms with E-state index in [-0.39, 0.29) is 18.6 Å². The molecule has 0 aliphatic carbocycles. The molecule has 6 heteroatoms. The molecule has 1 amide bonds. The fraction of sp³-hybridized carbons (Fsp3) is 0.286. The number of rotatable bonds is 4. The number of nitrogens with zero attached hydrogens (tertiary/aromatic N) is 3. The molecule has 0 spiro atoms. The van der Waals surface area contributed by atoms with E-state index in [2.05, 4.69) is 4.98 Å². The molecule has 27 heavy (non-hydrogen) atoms. The van der Waals surface area contributed by atoms with Crippen molar-refractivity contribution in [2.24, 2.45) is 0 Å². The van der Waals surface area contributed by atoms with Gasteiger partial charge in [0.25, 0.3) is 5.91 Å². The smallest absolute Gasteiger partial charge is 0.255 e. The molecule has 1 aromatic carbocycles. The Balaban J connectivity index is 1.83. The highest BCUT2D eigenvalue weighted by atomic mass is 16.5. The molecule has 3 aromatic rings. The van der Waals surface area contributed by atoms with Gasteiger partial charge >= 0.3 is 0 Å². The lowest BCUT2D eigenvalue weighted by atomic mass is 10.0. The number of aromatic nitrogens is 2. The van der Waals surface area contributed by atoms with Gasteiger partial charge in [-0.25, -0.2) is 4.98 Å². The summed E-state index contributed by atoms with van der Waals surface area (Å²) in [5.74, 6) is -0.124. The maximum Gasteiger partial charge on any atom is 0.255 e. The minimum absolute atomic E-state index is 0.124. The van der Waals surface area contributed by atoms with Crippen LogP contribution in [0.1, 0.15) is 17.3 Å². The van der Waals surface area contributed by atoms with Gasteiger partial charge in [-0.2, -0.15) is 0 Å². The quantitative estimate of drug-likeness (QED) is 0.771. The molecule has 2 atom stereocenters. The molecule has 0 unspecified atom stereocenters. The molecule has 0 saturated carbocycles. The Bertz CT molecular complexity index is 961. The second kappa shape index (κ2) is 7.42. The maximum absolute atomic E-state index is 13.4. The van der Waals surface area contributed by atoms with Crippen molar-refractivity contribution in [2.75, 3.05) is 19.8 Å². The van der Waals surface area contributed by atoms with Crippen molar-refractivity contribution < 1.29 is 14.6 Å². The lowest BCUT2D eigenvalue weighted by Crippen LogP contribution is -2.46. The molecular formula is C21H21N3O3. The number of para-hydroxylation sites is 1. The van der Waals surface area contributed by atoms with Crippen molar-refractivity contribution in [3.8, 4) is 11.3 Å². The van der Waals surface area contributed by atoms with Gasteiger partial charge in [0, 0.05) is 29.9 Å². The van der Waals surface area contributed by atoms with Gasteiger partial charge < -0.3 is 14.7 Å². The van der Waals surface area contributed by atoms with Gasteiger partial charge in [0.2, 0.25) is 0 Å². The Labute approximate surface area is 157 Å². The SMILES string of the molecule is CCN(C(=O)c1cc(-c2ccncc2)nc2ccccc12)[C@@H]1COC[C@H]1O. The van der Waals surface area contributed by atoms with Crippen LogP contribution in [0.5, 0.6) is 0 Å². The molecule has 0 radical (unpaired) electrons. The largest absolute Gasteiger partial charge is 0.388 e. The molecule has 3 heterocycles. The van der Waals surface area contributed by atoms with Crippen LogP contribution in [-0.2, 0) is 4.74 Å². The number of aliphatic hydroxyl groups excluding tert-OH is 1. The number of hydrogen-bond donors (Lipinski definition) is 1. The Kier molecular flexibility index (Phi) is 4.83. The minimum atomic E-state index is -0.665. The summed E-state index contributed by atoms with van der Waals surface area (Å²) in [5, 5.41) is 11.0. The number of pyridine rings is 2. The number of aliphatic hydroxyl groups is 1. The Morgan fingerprint density at radius 2 is 2.00 bits per heavy atom. The summed E-state index contributed by atoms with van der Waals surface area (Å²) >= 11 is 0. The fourth-order valence-electron chi connectivity index (χ4n) is 3.54. The molecule has 138 valence electrons. The number of likely N-dealkylation sites (N-methyl/N-ethyl adjacent to an activating group) is 1. The number of carbonyl (C=O) groups excluding carboxylic acids is 1. The summed E-state index contributed by atoms with van der Waals surface area (Å²) in [6.07, 6.45) is 2.75. The number of hydrogen-bond acceptors (Lipinski definition) is 5. The van der Waals surface area contributed by atoms with Crippen LogP contribution in [0.4, 0.5) is 0 Å². The maximum atomic E-state index is 13.4.